The molecule has 0 aliphatic heterocycles. The highest BCUT2D eigenvalue weighted by Gasteiger charge is 2.04. The van der Waals surface area contributed by atoms with Gasteiger partial charge in [-0.3, -0.25) is 0 Å². The molecule has 0 aliphatic carbocycles. The van der Waals surface area contributed by atoms with Gasteiger partial charge in [0.15, 0.2) is 0 Å². The monoisotopic (exact) mass is 246 g/mol. The molecule has 0 unspecified atom stereocenters. The first kappa shape index (κ1) is 12.0. The Balaban J connectivity index is 2.14. The van der Waals surface area contributed by atoms with Crippen LogP contribution >= 0.6 is 0 Å². The van der Waals surface area contributed by atoms with Gasteiger partial charge in [-0.25, -0.2) is 0 Å². The van der Waals surface area contributed by atoms with E-state index in [1.54, 1.807) is 0 Å². The van der Waals surface area contributed by atoms with Gasteiger partial charge in [-0.15, -0.1) is 0 Å². The van der Waals surface area contributed by atoms with Gasteiger partial charge in [0.1, 0.15) is 0 Å². The van der Waals surface area contributed by atoms with Gasteiger partial charge in [-0.05, 0) is 33.4 Å². The zero-order valence-corrected chi connectivity index (χ0v) is 11.4. The smallest absolute Gasteiger partial charge is 0.0105 e. The van der Waals surface area contributed by atoms with Gasteiger partial charge in [-0.2, -0.15) is 0 Å². The van der Waals surface area contributed by atoms with Crippen molar-refractivity contribution in [3.05, 3.63) is 72.3 Å². The van der Waals surface area contributed by atoms with E-state index in [4.69, 9.17) is 0 Å². The van der Waals surface area contributed by atoms with Crippen LogP contribution in [0.1, 0.15) is 25.3 Å². The van der Waals surface area contributed by atoms with Crippen LogP contribution in [0.15, 0.2) is 66.7 Å². The maximum atomic E-state index is 2.24. The van der Waals surface area contributed by atoms with Crippen molar-refractivity contribution >= 4 is 10.8 Å². The number of benzene rings is 3. The topological polar surface area (TPSA) is 0 Å². The third kappa shape index (κ3) is 2.26. The predicted octanol–water partition coefficient (Wildman–Crippen LogP) is 5.63. The Morgan fingerprint density at radius 1 is 0.684 bits per heavy atom. The van der Waals surface area contributed by atoms with Gasteiger partial charge < -0.3 is 0 Å². The molecule has 0 bridgehead atoms. The Morgan fingerprint density at radius 2 is 1.37 bits per heavy atom. The molecule has 3 aromatic carbocycles. The van der Waals surface area contributed by atoms with Crippen LogP contribution in [0, 0.1) is 0 Å². The van der Waals surface area contributed by atoms with E-state index in [0.717, 1.165) is 0 Å². The Labute approximate surface area is 114 Å². The molecule has 0 amide bonds. The van der Waals surface area contributed by atoms with Gasteiger partial charge in [0, 0.05) is 0 Å². The fourth-order valence-electron chi connectivity index (χ4n) is 2.52. The Bertz CT molecular complexity index is 685. The van der Waals surface area contributed by atoms with E-state index in [1.165, 1.54) is 27.5 Å². The lowest BCUT2D eigenvalue weighted by atomic mass is 9.95. The van der Waals surface area contributed by atoms with Crippen LogP contribution in [0.2, 0.25) is 0 Å². The summed E-state index contributed by atoms with van der Waals surface area (Å²) in [4.78, 5) is 0. The third-order valence-electron chi connectivity index (χ3n) is 3.68. The van der Waals surface area contributed by atoms with Crippen molar-refractivity contribution in [1.29, 1.82) is 0 Å². The molecular formula is C19H18. The minimum absolute atomic E-state index is 0.585. The van der Waals surface area contributed by atoms with Gasteiger partial charge >= 0.3 is 0 Å². The summed E-state index contributed by atoms with van der Waals surface area (Å²) in [6.45, 7) is 4.46. The summed E-state index contributed by atoms with van der Waals surface area (Å²) in [6.07, 6.45) is 0. The average molecular weight is 246 g/mol. The lowest BCUT2D eigenvalue weighted by molar-refractivity contribution is 0.867. The van der Waals surface area contributed by atoms with Crippen molar-refractivity contribution in [3.63, 3.8) is 0 Å². The van der Waals surface area contributed by atoms with Crippen LogP contribution in [0.25, 0.3) is 21.9 Å². The molecule has 94 valence electrons. The Kier molecular flexibility index (Phi) is 3.08. The first-order valence-electron chi connectivity index (χ1n) is 6.84. The third-order valence-corrected chi connectivity index (χ3v) is 3.68. The quantitative estimate of drug-likeness (QED) is 0.549. The van der Waals surface area contributed by atoms with Crippen LogP contribution in [0.4, 0.5) is 0 Å². The molecule has 3 rings (SSSR count). The summed E-state index contributed by atoms with van der Waals surface area (Å²) in [5, 5.41) is 2.62. The van der Waals surface area contributed by atoms with Crippen LogP contribution in [-0.2, 0) is 0 Å². The lowest BCUT2D eigenvalue weighted by Crippen LogP contribution is -1.87. The van der Waals surface area contributed by atoms with Crippen molar-refractivity contribution in [3.8, 4) is 11.1 Å². The SMILES string of the molecule is CC(C)c1ccc(-c2cccc3ccccc23)cc1. The second-order valence-electron chi connectivity index (χ2n) is 5.30. The van der Waals surface area contributed by atoms with Crippen molar-refractivity contribution in [2.75, 3.05) is 0 Å². The normalized spacial score (nSPS) is 11.1. The number of fused-ring (bicyclic) bond motifs is 1. The minimum atomic E-state index is 0.585. The van der Waals surface area contributed by atoms with E-state index in [9.17, 15) is 0 Å². The van der Waals surface area contributed by atoms with E-state index in [2.05, 4.69) is 80.6 Å². The molecule has 0 atom stereocenters. The van der Waals surface area contributed by atoms with Gasteiger partial charge in [0.05, 0.1) is 0 Å². The van der Waals surface area contributed by atoms with Crippen molar-refractivity contribution in [1.82, 2.24) is 0 Å². The summed E-state index contributed by atoms with van der Waals surface area (Å²) in [7, 11) is 0. The maximum Gasteiger partial charge on any atom is -0.0105 e. The second kappa shape index (κ2) is 4.89. The summed E-state index contributed by atoms with van der Waals surface area (Å²) in [5.41, 5.74) is 4.00. The summed E-state index contributed by atoms with van der Waals surface area (Å²) >= 11 is 0. The van der Waals surface area contributed by atoms with E-state index < -0.39 is 0 Å². The molecule has 0 aliphatic rings. The van der Waals surface area contributed by atoms with E-state index >= 15 is 0 Å². The molecule has 0 fully saturated rings. The van der Waals surface area contributed by atoms with Crippen LogP contribution in [0.5, 0.6) is 0 Å². The molecular weight excluding hydrogens is 228 g/mol. The fraction of sp³-hybridized carbons (Fsp3) is 0.158. The van der Waals surface area contributed by atoms with Gasteiger partial charge in [0.2, 0.25) is 0 Å². The van der Waals surface area contributed by atoms with Crippen LogP contribution in [-0.4, -0.2) is 0 Å². The predicted molar refractivity (Wildman–Crippen MR) is 83.5 cm³/mol. The molecule has 0 saturated carbocycles. The number of rotatable bonds is 2. The lowest BCUT2D eigenvalue weighted by Gasteiger charge is -2.09. The van der Waals surface area contributed by atoms with Crippen LogP contribution in [0.3, 0.4) is 0 Å². The molecule has 3 aromatic rings. The van der Waals surface area contributed by atoms with Gasteiger partial charge in [0.25, 0.3) is 0 Å². The molecule has 0 heterocycles. The average Bonchev–Trinajstić information content (AvgIpc) is 2.47. The molecule has 0 N–H and O–H groups in total. The van der Waals surface area contributed by atoms with Gasteiger partial charge in [-0.1, -0.05) is 80.6 Å². The second-order valence-corrected chi connectivity index (χ2v) is 5.30. The molecule has 0 nitrogen and oxygen atoms in total. The highest BCUT2D eigenvalue weighted by Crippen LogP contribution is 2.29. The van der Waals surface area contributed by atoms with E-state index in [-0.39, 0.29) is 0 Å². The van der Waals surface area contributed by atoms with Crippen LogP contribution < -0.4 is 0 Å². The molecule has 0 radical (unpaired) electrons. The number of hydrogen-bond donors (Lipinski definition) is 0. The Hall–Kier alpha value is -2.08. The van der Waals surface area contributed by atoms with E-state index in [1.807, 2.05) is 0 Å². The maximum absolute atomic E-state index is 2.24. The minimum Gasteiger partial charge on any atom is -0.0616 e. The summed E-state index contributed by atoms with van der Waals surface area (Å²) in [6, 6.07) is 24.0. The molecule has 0 saturated heterocycles. The van der Waals surface area contributed by atoms with Crippen molar-refractivity contribution in [2.24, 2.45) is 0 Å². The highest BCUT2D eigenvalue weighted by molar-refractivity contribution is 5.96. The molecule has 0 heteroatoms. The zero-order chi connectivity index (χ0) is 13.2. The highest BCUT2D eigenvalue weighted by atomic mass is 14.1. The molecule has 19 heavy (non-hydrogen) atoms. The summed E-state index contributed by atoms with van der Waals surface area (Å²) < 4.78 is 0. The first-order valence-corrected chi connectivity index (χ1v) is 6.84. The molecule has 0 aromatic heterocycles. The standard InChI is InChI=1S/C19H18/c1-14(2)15-10-12-17(13-11-15)19-9-5-7-16-6-3-4-8-18(16)19/h3-14H,1-2H3. The zero-order valence-electron chi connectivity index (χ0n) is 11.4. The van der Waals surface area contributed by atoms with Crippen molar-refractivity contribution in [2.45, 2.75) is 19.8 Å². The largest absolute Gasteiger partial charge is 0.0616 e. The Morgan fingerprint density at radius 3 is 2.11 bits per heavy atom. The fourth-order valence-corrected chi connectivity index (χ4v) is 2.52. The first-order chi connectivity index (χ1) is 9.25. The summed E-state index contributed by atoms with van der Waals surface area (Å²) in [5.74, 6) is 0.585. The molecule has 0 spiro atoms. The van der Waals surface area contributed by atoms with Crippen molar-refractivity contribution < 1.29 is 0 Å². The van der Waals surface area contributed by atoms with E-state index in [0.29, 0.717) is 5.92 Å². The number of hydrogen-bond acceptors (Lipinski definition) is 0.